The topological polar surface area (TPSA) is 78.9 Å². The Morgan fingerprint density at radius 1 is 0.300 bits per heavy atom. The van der Waals surface area contributed by atoms with Gasteiger partial charge in [-0.15, -0.1) is 0 Å². The minimum Gasteiger partial charge on any atom is -0.462 e. The third kappa shape index (κ3) is 55.0. The number of ether oxygens (including phenoxy) is 3. The summed E-state index contributed by atoms with van der Waals surface area (Å²) >= 11 is 0. The second kappa shape index (κ2) is 57.6. The van der Waals surface area contributed by atoms with Crippen molar-refractivity contribution in [1.82, 2.24) is 0 Å². The van der Waals surface area contributed by atoms with Gasteiger partial charge in [-0.25, -0.2) is 0 Å². The number of carbonyl (C=O) groups is 3. The molecule has 0 saturated carbocycles. The van der Waals surface area contributed by atoms with Crippen molar-refractivity contribution in [3.8, 4) is 0 Å². The molecule has 0 saturated heterocycles. The molecule has 0 aromatic carbocycles. The van der Waals surface area contributed by atoms with Gasteiger partial charge in [0.25, 0.3) is 0 Å². The Kier molecular flexibility index (Phi) is 54.4. The number of hydrogen-bond acceptors (Lipinski definition) is 6. The molecule has 1 unspecified atom stereocenters. The predicted molar refractivity (Wildman–Crippen MR) is 302 cm³/mol. The molecule has 6 nitrogen and oxygen atoms in total. The molecule has 0 aliphatic carbocycles. The van der Waals surface area contributed by atoms with Crippen LogP contribution in [0.1, 0.15) is 258 Å². The first kappa shape index (κ1) is 66.1. The van der Waals surface area contributed by atoms with Crippen molar-refractivity contribution in [2.75, 3.05) is 13.2 Å². The molecule has 0 spiro atoms. The summed E-state index contributed by atoms with van der Waals surface area (Å²) in [5.41, 5.74) is 0. The quantitative estimate of drug-likeness (QED) is 0.0262. The van der Waals surface area contributed by atoms with Crippen LogP contribution < -0.4 is 0 Å². The average Bonchev–Trinajstić information content (AvgIpc) is 3.36. The van der Waals surface area contributed by atoms with Crippen LogP contribution >= 0.6 is 0 Å². The van der Waals surface area contributed by atoms with Crippen molar-refractivity contribution in [3.63, 3.8) is 0 Å². The maximum absolute atomic E-state index is 12.9. The van der Waals surface area contributed by atoms with Crippen LogP contribution in [0.3, 0.4) is 0 Å². The Labute approximate surface area is 431 Å². The van der Waals surface area contributed by atoms with Gasteiger partial charge >= 0.3 is 17.9 Å². The lowest BCUT2D eigenvalue weighted by atomic mass is 10.0. The predicted octanol–water partition coefficient (Wildman–Crippen LogP) is 19.5. The number of rotatable bonds is 51. The summed E-state index contributed by atoms with van der Waals surface area (Å²) in [5.74, 6) is -0.949. The summed E-state index contributed by atoms with van der Waals surface area (Å²) in [6.07, 6.45) is 77.9. The third-order valence-electron chi connectivity index (χ3n) is 12.0. The number of unbranched alkanes of at least 4 members (excludes halogenated alkanes) is 22. The molecule has 0 amide bonds. The SMILES string of the molecule is CC/C=C\C/C=C\C/C=C\C/C=C\C/C=C\C/C=C\CCCCCCC(=O)OCC(COC(=O)CCCCC/C=C\C/C=C\C/C=C\CC)OC(=O)CCCCCCCCCCCCCCCCCC. The molecule has 0 bridgehead atoms. The molecule has 0 aromatic heterocycles. The minimum absolute atomic E-state index is 0.101. The Morgan fingerprint density at radius 3 is 0.886 bits per heavy atom. The molecule has 1 atom stereocenters. The van der Waals surface area contributed by atoms with E-state index in [0.29, 0.717) is 19.3 Å². The van der Waals surface area contributed by atoms with Crippen LogP contribution in [0, 0.1) is 0 Å². The highest BCUT2D eigenvalue weighted by Gasteiger charge is 2.19. The van der Waals surface area contributed by atoms with Crippen LogP contribution in [0.4, 0.5) is 0 Å². The van der Waals surface area contributed by atoms with Crippen molar-refractivity contribution >= 4 is 17.9 Å². The summed E-state index contributed by atoms with van der Waals surface area (Å²) < 4.78 is 16.8. The summed E-state index contributed by atoms with van der Waals surface area (Å²) in [6, 6.07) is 0. The normalized spacial score (nSPS) is 12.9. The molecule has 0 aliphatic heterocycles. The van der Waals surface area contributed by atoms with E-state index in [2.05, 4.69) is 130 Å². The van der Waals surface area contributed by atoms with Crippen LogP contribution in [-0.2, 0) is 28.6 Å². The molecular weight excluding hydrogens is 865 g/mol. The lowest BCUT2D eigenvalue weighted by Crippen LogP contribution is -2.30. The Balaban J connectivity index is 4.43. The van der Waals surface area contributed by atoms with Crippen LogP contribution in [0.25, 0.3) is 0 Å². The summed E-state index contributed by atoms with van der Waals surface area (Å²) in [7, 11) is 0. The molecule has 0 aromatic rings. The third-order valence-corrected chi connectivity index (χ3v) is 12.0. The zero-order chi connectivity index (χ0) is 50.7. The van der Waals surface area contributed by atoms with Crippen molar-refractivity contribution in [3.05, 3.63) is 109 Å². The molecule has 0 heterocycles. The second-order valence-electron chi connectivity index (χ2n) is 18.8. The van der Waals surface area contributed by atoms with E-state index < -0.39 is 6.10 Å². The molecule has 6 heteroatoms. The number of esters is 3. The van der Waals surface area contributed by atoms with E-state index in [-0.39, 0.29) is 31.1 Å². The molecule has 0 aliphatic rings. The van der Waals surface area contributed by atoms with Crippen LogP contribution in [0.15, 0.2) is 109 Å². The number of carbonyl (C=O) groups excluding carboxylic acids is 3. The highest BCUT2D eigenvalue weighted by Crippen LogP contribution is 2.15. The number of allylic oxidation sites excluding steroid dienone is 18. The molecule has 0 N–H and O–H groups in total. The van der Waals surface area contributed by atoms with Crippen LogP contribution in [0.5, 0.6) is 0 Å². The minimum atomic E-state index is -0.801. The van der Waals surface area contributed by atoms with Gasteiger partial charge in [0, 0.05) is 19.3 Å². The molecule has 0 rings (SSSR count). The standard InChI is InChI=1S/C64H106O6/c1-4-7-10-13-16-19-22-25-27-29-30-31-32-33-34-35-37-39-42-45-48-51-54-57-63(66)69-60-61(59-68-62(65)56-53-50-47-44-41-38-24-21-18-15-12-9-6-3)70-64(67)58-55-52-49-46-43-40-36-28-26-23-20-17-14-11-8-5-2/h7,9-10,12,16,18-19,21,25,27,30-31,33-34,37-39,41,61H,4-6,8,11,13-15,17,20,22-24,26,28-29,32,35-36,40,42-60H2,1-3H3/b10-7-,12-9-,19-16-,21-18-,27-25-,31-30-,34-33-,39-37-,41-38-. The van der Waals surface area contributed by atoms with Crippen molar-refractivity contribution in [2.24, 2.45) is 0 Å². The van der Waals surface area contributed by atoms with E-state index in [4.69, 9.17) is 14.2 Å². The van der Waals surface area contributed by atoms with Gasteiger partial charge in [-0.05, 0) is 103 Å². The van der Waals surface area contributed by atoms with Crippen molar-refractivity contribution in [2.45, 2.75) is 264 Å². The highest BCUT2D eigenvalue weighted by atomic mass is 16.6. The monoisotopic (exact) mass is 971 g/mol. The highest BCUT2D eigenvalue weighted by molar-refractivity contribution is 5.71. The van der Waals surface area contributed by atoms with Gasteiger partial charge in [-0.3, -0.25) is 14.4 Å². The smallest absolute Gasteiger partial charge is 0.306 e. The van der Waals surface area contributed by atoms with Gasteiger partial charge in [0.15, 0.2) is 6.10 Å². The Bertz CT molecular complexity index is 1440. The second-order valence-corrected chi connectivity index (χ2v) is 18.8. The zero-order valence-electron chi connectivity index (χ0n) is 45.5. The fourth-order valence-electron chi connectivity index (χ4n) is 7.75. The fraction of sp³-hybridized carbons (Fsp3) is 0.672. The largest absolute Gasteiger partial charge is 0.462 e. The van der Waals surface area contributed by atoms with Crippen molar-refractivity contribution < 1.29 is 28.6 Å². The van der Waals surface area contributed by atoms with Crippen LogP contribution in [0.2, 0.25) is 0 Å². The summed E-state index contributed by atoms with van der Waals surface area (Å²) in [4.78, 5) is 38.1. The van der Waals surface area contributed by atoms with Gasteiger partial charge in [0.1, 0.15) is 13.2 Å². The van der Waals surface area contributed by atoms with E-state index in [1.807, 2.05) is 0 Å². The fourth-order valence-corrected chi connectivity index (χ4v) is 7.75. The van der Waals surface area contributed by atoms with Crippen molar-refractivity contribution in [1.29, 1.82) is 0 Å². The lowest BCUT2D eigenvalue weighted by molar-refractivity contribution is -0.167. The first-order valence-corrected chi connectivity index (χ1v) is 28.9. The maximum atomic E-state index is 12.9. The van der Waals surface area contributed by atoms with Gasteiger partial charge in [-0.2, -0.15) is 0 Å². The lowest BCUT2D eigenvalue weighted by Gasteiger charge is -2.18. The summed E-state index contributed by atoms with van der Waals surface area (Å²) in [6.45, 7) is 6.37. The van der Waals surface area contributed by atoms with Crippen LogP contribution in [-0.4, -0.2) is 37.2 Å². The molecule has 0 fully saturated rings. The van der Waals surface area contributed by atoms with E-state index in [9.17, 15) is 14.4 Å². The van der Waals surface area contributed by atoms with E-state index in [1.54, 1.807) is 0 Å². The maximum Gasteiger partial charge on any atom is 0.306 e. The molecular formula is C64H106O6. The molecule has 70 heavy (non-hydrogen) atoms. The zero-order valence-corrected chi connectivity index (χ0v) is 45.5. The molecule has 0 radical (unpaired) electrons. The van der Waals surface area contributed by atoms with Gasteiger partial charge < -0.3 is 14.2 Å². The van der Waals surface area contributed by atoms with Gasteiger partial charge in [-0.1, -0.05) is 246 Å². The van der Waals surface area contributed by atoms with E-state index in [0.717, 1.165) is 135 Å². The van der Waals surface area contributed by atoms with Gasteiger partial charge in [0.2, 0.25) is 0 Å². The van der Waals surface area contributed by atoms with E-state index >= 15 is 0 Å². The first-order chi connectivity index (χ1) is 34.5. The summed E-state index contributed by atoms with van der Waals surface area (Å²) in [5, 5.41) is 0. The van der Waals surface area contributed by atoms with E-state index in [1.165, 1.54) is 83.5 Å². The Morgan fingerprint density at radius 2 is 0.557 bits per heavy atom. The average molecular weight is 972 g/mol. The molecule has 398 valence electrons. The number of hydrogen-bond donors (Lipinski definition) is 0. The van der Waals surface area contributed by atoms with Gasteiger partial charge in [0.05, 0.1) is 0 Å². The Hall–Kier alpha value is -3.93. The first-order valence-electron chi connectivity index (χ1n) is 28.9.